The van der Waals surface area contributed by atoms with Gasteiger partial charge in [0.1, 0.15) is 0 Å². The molecule has 1 aromatic rings. The van der Waals surface area contributed by atoms with Crippen LogP contribution in [0.2, 0.25) is 0 Å². The second kappa shape index (κ2) is 6.58. The third-order valence-corrected chi connectivity index (χ3v) is 2.38. The van der Waals surface area contributed by atoms with E-state index in [4.69, 9.17) is 5.11 Å². The third kappa shape index (κ3) is 4.04. The summed E-state index contributed by atoms with van der Waals surface area (Å²) in [6, 6.07) is 2.44. The van der Waals surface area contributed by atoms with Gasteiger partial charge in [-0.2, -0.15) is 0 Å². The number of carboxylic acid groups (broad SMARTS) is 1. The Morgan fingerprint density at radius 2 is 2.11 bits per heavy atom. The fourth-order valence-corrected chi connectivity index (χ4v) is 1.41. The van der Waals surface area contributed by atoms with Crippen LogP contribution < -0.4 is 10.9 Å². The van der Waals surface area contributed by atoms with E-state index in [1.54, 1.807) is 0 Å². The first-order valence-corrected chi connectivity index (χ1v) is 5.75. The number of amides is 1. The Bertz CT molecular complexity index is 493. The van der Waals surface area contributed by atoms with Crippen molar-refractivity contribution in [1.82, 2.24) is 9.88 Å². The largest absolute Gasteiger partial charge is 0.478 e. The highest BCUT2D eigenvalue weighted by Crippen LogP contribution is 1.97. The molecule has 0 radical (unpaired) electrons. The van der Waals surface area contributed by atoms with E-state index in [1.165, 1.54) is 22.9 Å². The van der Waals surface area contributed by atoms with E-state index in [2.05, 4.69) is 5.32 Å². The zero-order valence-corrected chi connectivity index (χ0v) is 10.2. The molecule has 0 fully saturated rings. The molecule has 0 aliphatic carbocycles. The number of nitrogens with zero attached hydrogens (tertiary/aromatic N) is 1. The van der Waals surface area contributed by atoms with Crippen molar-refractivity contribution in [2.75, 3.05) is 6.54 Å². The average molecular weight is 252 g/mol. The van der Waals surface area contributed by atoms with E-state index in [1.807, 2.05) is 6.92 Å². The molecule has 6 heteroatoms. The van der Waals surface area contributed by atoms with Crippen molar-refractivity contribution < 1.29 is 14.7 Å². The van der Waals surface area contributed by atoms with Crippen molar-refractivity contribution in [2.24, 2.45) is 0 Å². The number of aryl methyl sites for hydroxylation is 1. The number of pyridine rings is 1. The molecule has 1 amide bonds. The van der Waals surface area contributed by atoms with Crippen molar-refractivity contribution in [3.8, 4) is 0 Å². The zero-order chi connectivity index (χ0) is 13.5. The summed E-state index contributed by atoms with van der Waals surface area (Å²) in [4.78, 5) is 33.6. The first kappa shape index (κ1) is 14.0. The minimum absolute atomic E-state index is 0.0311. The molecular weight excluding hydrogens is 236 g/mol. The first-order valence-electron chi connectivity index (χ1n) is 5.75. The Labute approximate surface area is 104 Å². The predicted octanol–water partition coefficient (Wildman–Crippen LogP) is 0.463. The number of hydrogen-bond donors (Lipinski definition) is 2. The van der Waals surface area contributed by atoms with E-state index in [0.29, 0.717) is 6.54 Å². The van der Waals surface area contributed by atoms with Crippen LogP contribution >= 0.6 is 0 Å². The van der Waals surface area contributed by atoms with E-state index < -0.39 is 5.97 Å². The van der Waals surface area contributed by atoms with Crippen LogP contribution in [0.4, 0.5) is 0 Å². The Kier molecular flexibility index (Phi) is 5.10. The van der Waals surface area contributed by atoms with Crippen LogP contribution in [0.1, 0.15) is 30.1 Å². The van der Waals surface area contributed by atoms with Gasteiger partial charge in [-0.3, -0.25) is 9.59 Å². The lowest BCUT2D eigenvalue weighted by Gasteiger charge is -2.07. The molecule has 0 saturated heterocycles. The second-order valence-corrected chi connectivity index (χ2v) is 3.85. The van der Waals surface area contributed by atoms with Crippen LogP contribution in [0.15, 0.2) is 23.1 Å². The number of aromatic nitrogens is 1. The van der Waals surface area contributed by atoms with Gasteiger partial charge in [0.15, 0.2) is 0 Å². The summed E-state index contributed by atoms with van der Waals surface area (Å²) in [5, 5.41) is 11.5. The molecule has 0 aliphatic rings. The summed E-state index contributed by atoms with van der Waals surface area (Å²) < 4.78 is 1.23. The highest BCUT2D eigenvalue weighted by Gasteiger charge is 2.06. The van der Waals surface area contributed by atoms with Gasteiger partial charge in [0, 0.05) is 31.8 Å². The van der Waals surface area contributed by atoms with Crippen LogP contribution in [-0.4, -0.2) is 28.1 Å². The van der Waals surface area contributed by atoms with Gasteiger partial charge < -0.3 is 15.0 Å². The third-order valence-electron chi connectivity index (χ3n) is 2.38. The normalized spacial score (nSPS) is 10.1. The minimum atomic E-state index is -1.10. The molecule has 18 heavy (non-hydrogen) atoms. The van der Waals surface area contributed by atoms with Crippen LogP contribution in [0.5, 0.6) is 0 Å². The number of aromatic carboxylic acids is 1. The van der Waals surface area contributed by atoms with Crippen molar-refractivity contribution in [3.05, 3.63) is 34.2 Å². The monoisotopic (exact) mass is 252 g/mol. The quantitative estimate of drug-likeness (QED) is 0.770. The number of carbonyl (C=O) groups is 2. The van der Waals surface area contributed by atoms with Gasteiger partial charge >= 0.3 is 5.97 Å². The lowest BCUT2D eigenvalue weighted by molar-refractivity contribution is -0.121. The molecular formula is C12H16N2O4. The Morgan fingerprint density at radius 1 is 1.39 bits per heavy atom. The summed E-state index contributed by atoms with van der Waals surface area (Å²) in [5.74, 6) is -1.25. The molecule has 0 bridgehead atoms. The van der Waals surface area contributed by atoms with Gasteiger partial charge in [0.25, 0.3) is 5.56 Å². The number of nitrogens with one attached hydrogen (secondary N) is 1. The number of carboxylic acids is 1. The zero-order valence-electron chi connectivity index (χ0n) is 10.2. The molecule has 0 unspecified atom stereocenters. The van der Waals surface area contributed by atoms with Gasteiger partial charge in [-0.15, -0.1) is 0 Å². The smallest absolute Gasteiger partial charge is 0.337 e. The first-order chi connectivity index (χ1) is 8.54. The van der Waals surface area contributed by atoms with Gasteiger partial charge in [-0.1, -0.05) is 6.92 Å². The molecule has 6 nitrogen and oxygen atoms in total. The van der Waals surface area contributed by atoms with Crippen LogP contribution in [0.25, 0.3) is 0 Å². The van der Waals surface area contributed by atoms with Crippen LogP contribution in [-0.2, 0) is 11.3 Å². The molecule has 0 spiro atoms. The van der Waals surface area contributed by atoms with Crippen molar-refractivity contribution >= 4 is 11.9 Å². The molecule has 0 atom stereocenters. The minimum Gasteiger partial charge on any atom is -0.478 e. The Morgan fingerprint density at radius 3 is 2.72 bits per heavy atom. The van der Waals surface area contributed by atoms with Gasteiger partial charge in [-0.05, 0) is 12.5 Å². The van der Waals surface area contributed by atoms with Crippen LogP contribution in [0, 0.1) is 0 Å². The van der Waals surface area contributed by atoms with E-state index in [9.17, 15) is 14.4 Å². The molecule has 1 heterocycles. The summed E-state index contributed by atoms with van der Waals surface area (Å²) in [6.07, 6.45) is 2.25. The highest BCUT2D eigenvalue weighted by molar-refractivity contribution is 5.87. The van der Waals surface area contributed by atoms with Crippen LogP contribution in [0.3, 0.4) is 0 Å². The fraction of sp³-hybridized carbons (Fsp3) is 0.417. The SMILES string of the molecule is CCCNC(=O)CCn1cc(C(=O)O)ccc1=O. The lowest BCUT2D eigenvalue weighted by Crippen LogP contribution is -2.27. The highest BCUT2D eigenvalue weighted by atomic mass is 16.4. The maximum Gasteiger partial charge on any atom is 0.337 e. The maximum atomic E-state index is 11.5. The molecule has 0 aliphatic heterocycles. The van der Waals surface area contributed by atoms with E-state index >= 15 is 0 Å². The standard InChI is InChI=1S/C12H16N2O4/c1-2-6-13-10(15)5-7-14-8-9(12(17)18)3-4-11(14)16/h3-4,8H,2,5-7H2,1H3,(H,13,15)(H,17,18). The second-order valence-electron chi connectivity index (χ2n) is 3.85. The number of rotatable bonds is 6. The van der Waals surface area contributed by atoms with Crippen molar-refractivity contribution in [2.45, 2.75) is 26.3 Å². The average Bonchev–Trinajstić information content (AvgIpc) is 2.35. The summed E-state index contributed by atoms with van der Waals surface area (Å²) in [5.41, 5.74) is -0.285. The van der Waals surface area contributed by atoms with Gasteiger partial charge in [-0.25, -0.2) is 4.79 Å². The number of carbonyl (C=O) groups excluding carboxylic acids is 1. The molecule has 0 saturated carbocycles. The summed E-state index contributed by atoms with van der Waals surface area (Å²) in [6.45, 7) is 2.72. The summed E-state index contributed by atoms with van der Waals surface area (Å²) in [7, 11) is 0. The van der Waals surface area contributed by atoms with Crippen molar-refractivity contribution in [3.63, 3.8) is 0 Å². The maximum absolute atomic E-state index is 11.5. The molecule has 98 valence electrons. The molecule has 1 rings (SSSR count). The molecule has 2 N–H and O–H groups in total. The van der Waals surface area contributed by atoms with Crippen molar-refractivity contribution in [1.29, 1.82) is 0 Å². The fourth-order valence-electron chi connectivity index (χ4n) is 1.41. The van der Waals surface area contributed by atoms with Gasteiger partial charge in [0.2, 0.25) is 5.91 Å². The van der Waals surface area contributed by atoms with Gasteiger partial charge in [0.05, 0.1) is 5.56 Å². The topological polar surface area (TPSA) is 88.4 Å². The molecule has 0 aromatic carbocycles. The van der Waals surface area contributed by atoms with E-state index in [0.717, 1.165) is 6.42 Å². The summed E-state index contributed by atoms with van der Waals surface area (Å²) >= 11 is 0. The Hall–Kier alpha value is -2.11. The predicted molar refractivity (Wildman–Crippen MR) is 65.6 cm³/mol. The molecule has 1 aromatic heterocycles. The lowest BCUT2D eigenvalue weighted by atomic mass is 10.3. The van der Waals surface area contributed by atoms with E-state index in [-0.39, 0.29) is 30.0 Å². The number of hydrogen-bond acceptors (Lipinski definition) is 3. The Balaban J connectivity index is 2.66.